The third kappa shape index (κ3) is 5.13. The smallest absolute Gasteiger partial charge is 0.242 e. The van der Waals surface area contributed by atoms with Gasteiger partial charge in [-0.1, -0.05) is 60.1 Å². The Kier molecular flexibility index (Phi) is 6.66. The molecule has 8 heteroatoms. The molecule has 0 heterocycles. The van der Waals surface area contributed by atoms with Crippen LogP contribution in [0.3, 0.4) is 0 Å². The van der Waals surface area contributed by atoms with Gasteiger partial charge in [0.1, 0.15) is 0 Å². The molecular weight excluding hydrogens is 424 g/mol. The summed E-state index contributed by atoms with van der Waals surface area (Å²) in [5, 5.41) is 2.95. The lowest BCUT2D eigenvalue weighted by atomic mass is 10.0. The van der Waals surface area contributed by atoms with Crippen LogP contribution < -0.4 is 10.0 Å². The van der Waals surface area contributed by atoms with Crippen LogP contribution in [0.4, 0.5) is 5.69 Å². The average Bonchev–Trinajstić information content (AvgIpc) is 2.75. The molecule has 0 aromatic heterocycles. The molecule has 3 rings (SSSR count). The van der Waals surface area contributed by atoms with E-state index in [4.69, 9.17) is 11.6 Å². The molecule has 30 heavy (non-hydrogen) atoms. The number of nitrogens with one attached hydrogen (secondary N) is 2. The van der Waals surface area contributed by atoms with Crippen LogP contribution in [0.15, 0.2) is 83.8 Å². The minimum Gasteiger partial charge on any atom is -0.324 e. The number of sulfonamides is 1. The molecule has 2 N–H and O–H groups in total. The summed E-state index contributed by atoms with van der Waals surface area (Å²) >= 11 is 6.05. The molecule has 0 bridgehead atoms. The van der Waals surface area contributed by atoms with Crippen LogP contribution in [0, 0.1) is 0 Å². The Morgan fingerprint density at radius 2 is 1.50 bits per heavy atom. The third-order valence-corrected chi connectivity index (χ3v) is 6.09. The monoisotopic (exact) mass is 442 g/mol. The van der Waals surface area contributed by atoms with E-state index in [1.165, 1.54) is 37.3 Å². The van der Waals surface area contributed by atoms with Crippen LogP contribution in [-0.4, -0.2) is 26.2 Å². The second kappa shape index (κ2) is 9.21. The van der Waals surface area contributed by atoms with Gasteiger partial charge in [-0.25, -0.2) is 8.42 Å². The summed E-state index contributed by atoms with van der Waals surface area (Å²) in [4.78, 5) is 25.6. The number of hydrogen-bond donors (Lipinski definition) is 2. The molecule has 3 aromatic rings. The molecule has 6 nitrogen and oxygen atoms in total. The van der Waals surface area contributed by atoms with Gasteiger partial charge in [-0.05, 0) is 37.3 Å². The number of carbonyl (C=O) groups is 2. The second-order valence-corrected chi connectivity index (χ2v) is 8.68. The van der Waals surface area contributed by atoms with Gasteiger partial charge in [0, 0.05) is 16.1 Å². The lowest BCUT2D eigenvalue weighted by molar-refractivity contribution is -0.117. The van der Waals surface area contributed by atoms with Crippen molar-refractivity contribution in [3.8, 4) is 0 Å². The molecule has 0 radical (unpaired) electrons. The Labute approximate surface area is 179 Å². The van der Waals surface area contributed by atoms with E-state index in [0.717, 1.165) is 0 Å². The van der Waals surface area contributed by atoms with E-state index in [1.807, 2.05) is 0 Å². The van der Waals surface area contributed by atoms with Crippen LogP contribution in [0.25, 0.3) is 0 Å². The van der Waals surface area contributed by atoms with Gasteiger partial charge < -0.3 is 5.32 Å². The van der Waals surface area contributed by atoms with Crippen molar-refractivity contribution in [3.05, 3.63) is 95.0 Å². The first-order valence-corrected chi connectivity index (χ1v) is 10.9. The SMILES string of the molecule is C[C@H](NS(=O)(=O)c1ccccc1)C(=O)Nc1ccc(Cl)cc1C(=O)c1ccccc1. The van der Waals surface area contributed by atoms with E-state index >= 15 is 0 Å². The number of hydrogen-bond acceptors (Lipinski definition) is 4. The third-order valence-electron chi connectivity index (χ3n) is 4.30. The van der Waals surface area contributed by atoms with Crippen molar-refractivity contribution in [1.29, 1.82) is 0 Å². The molecule has 0 spiro atoms. The Morgan fingerprint density at radius 3 is 2.13 bits per heavy atom. The summed E-state index contributed by atoms with van der Waals surface area (Å²) in [5.41, 5.74) is 0.886. The average molecular weight is 443 g/mol. The van der Waals surface area contributed by atoms with Crippen LogP contribution in [0.2, 0.25) is 5.02 Å². The van der Waals surface area contributed by atoms with Crippen molar-refractivity contribution in [2.45, 2.75) is 17.9 Å². The molecule has 1 atom stereocenters. The van der Waals surface area contributed by atoms with Gasteiger partial charge in [0.2, 0.25) is 15.9 Å². The predicted molar refractivity (Wildman–Crippen MR) is 116 cm³/mol. The molecule has 0 aliphatic carbocycles. The first kappa shape index (κ1) is 21.7. The maximum absolute atomic E-state index is 12.9. The highest BCUT2D eigenvalue weighted by atomic mass is 35.5. The maximum Gasteiger partial charge on any atom is 0.242 e. The first-order valence-electron chi connectivity index (χ1n) is 9.05. The van der Waals surface area contributed by atoms with Gasteiger partial charge in [0.05, 0.1) is 16.6 Å². The zero-order valence-electron chi connectivity index (χ0n) is 16.0. The van der Waals surface area contributed by atoms with E-state index in [0.29, 0.717) is 10.6 Å². The molecule has 1 amide bonds. The fourth-order valence-electron chi connectivity index (χ4n) is 2.75. The van der Waals surface area contributed by atoms with Crippen molar-refractivity contribution >= 4 is 39.0 Å². The van der Waals surface area contributed by atoms with Gasteiger partial charge in [0.25, 0.3) is 0 Å². The van der Waals surface area contributed by atoms with Crippen molar-refractivity contribution < 1.29 is 18.0 Å². The topological polar surface area (TPSA) is 92.3 Å². The highest BCUT2D eigenvalue weighted by molar-refractivity contribution is 7.89. The van der Waals surface area contributed by atoms with Gasteiger partial charge in [-0.3, -0.25) is 9.59 Å². The van der Waals surface area contributed by atoms with E-state index in [9.17, 15) is 18.0 Å². The summed E-state index contributed by atoms with van der Waals surface area (Å²) in [6.45, 7) is 1.42. The molecule has 3 aromatic carbocycles. The zero-order valence-corrected chi connectivity index (χ0v) is 17.6. The standard InChI is InChI=1S/C22H19ClN2O4S/c1-15(25-30(28,29)18-10-6-3-7-11-18)22(27)24-20-13-12-17(23)14-19(20)21(26)16-8-4-2-5-9-16/h2-15,25H,1H3,(H,24,27)/t15-/m0/s1. The van der Waals surface area contributed by atoms with E-state index in [2.05, 4.69) is 10.0 Å². The molecule has 0 saturated heterocycles. The minimum atomic E-state index is -3.87. The lowest BCUT2D eigenvalue weighted by Gasteiger charge is -2.16. The Hall–Kier alpha value is -3.00. The highest BCUT2D eigenvalue weighted by Crippen LogP contribution is 2.24. The molecule has 0 saturated carbocycles. The summed E-state index contributed by atoms with van der Waals surface area (Å²) in [6, 6.07) is 19.8. The van der Waals surface area contributed by atoms with Gasteiger partial charge >= 0.3 is 0 Å². The predicted octanol–water partition coefficient (Wildman–Crippen LogP) is 3.88. The summed E-state index contributed by atoms with van der Waals surface area (Å²) < 4.78 is 27.2. The van der Waals surface area contributed by atoms with Crippen molar-refractivity contribution in [2.24, 2.45) is 0 Å². The Morgan fingerprint density at radius 1 is 0.900 bits per heavy atom. The fraction of sp³-hybridized carbons (Fsp3) is 0.0909. The number of halogens is 1. The normalized spacial score (nSPS) is 12.2. The van der Waals surface area contributed by atoms with Gasteiger partial charge in [-0.2, -0.15) is 4.72 Å². The fourth-order valence-corrected chi connectivity index (χ4v) is 4.15. The molecule has 0 aliphatic heterocycles. The van der Waals surface area contributed by atoms with Crippen LogP contribution in [0.5, 0.6) is 0 Å². The number of ketones is 1. The van der Waals surface area contributed by atoms with E-state index in [1.54, 1.807) is 48.5 Å². The Balaban J connectivity index is 1.81. The van der Waals surface area contributed by atoms with Gasteiger partial charge in [-0.15, -0.1) is 0 Å². The quantitative estimate of drug-likeness (QED) is 0.543. The molecule has 0 unspecified atom stereocenters. The Bertz CT molecular complexity index is 1170. The molecule has 0 aliphatic rings. The summed E-state index contributed by atoms with van der Waals surface area (Å²) in [7, 11) is -3.87. The van der Waals surface area contributed by atoms with Gasteiger partial charge in [0.15, 0.2) is 5.78 Å². The van der Waals surface area contributed by atoms with Crippen LogP contribution in [-0.2, 0) is 14.8 Å². The van der Waals surface area contributed by atoms with Crippen molar-refractivity contribution in [1.82, 2.24) is 4.72 Å². The van der Waals surface area contributed by atoms with Crippen LogP contribution >= 0.6 is 11.6 Å². The largest absolute Gasteiger partial charge is 0.324 e. The second-order valence-electron chi connectivity index (χ2n) is 6.53. The number of carbonyl (C=O) groups excluding carboxylic acids is 2. The highest BCUT2D eigenvalue weighted by Gasteiger charge is 2.23. The van der Waals surface area contributed by atoms with Crippen molar-refractivity contribution in [3.63, 3.8) is 0 Å². The maximum atomic E-state index is 12.9. The summed E-state index contributed by atoms with van der Waals surface area (Å²) in [5.74, 6) is -0.926. The number of anilines is 1. The lowest BCUT2D eigenvalue weighted by Crippen LogP contribution is -2.41. The van der Waals surface area contributed by atoms with Crippen molar-refractivity contribution in [2.75, 3.05) is 5.32 Å². The first-order chi connectivity index (χ1) is 14.3. The number of rotatable bonds is 7. The zero-order chi connectivity index (χ0) is 21.7. The van der Waals surface area contributed by atoms with E-state index in [-0.39, 0.29) is 21.9 Å². The van der Waals surface area contributed by atoms with E-state index < -0.39 is 22.0 Å². The minimum absolute atomic E-state index is 0.0519. The molecule has 154 valence electrons. The molecule has 0 fully saturated rings. The number of amides is 1. The number of benzene rings is 3. The summed E-state index contributed by atoms with van der Waals surface area (Å²) in [6.07, 6.45) is 0. The van der Waals surface area contributed by atoms with Crippen LogP contribution in [0.1, 0.15) is 22.8 Å². The molecular formula is C22H19ClN2O4S.